The van der Waals surface area contributed by atoms with Gasteiger partial charge in [0.1, 0.15) is 5.60 Å². The Kier molecular flexibility index (Phi) is 4.09. The van der Waals surface area contributed by atoms with E-state index in [4.69, 9.17) is 4.74 Å². The third-order valence-corrected chi connectivity index (χ3v) is 4.52. The molecule has 4 heteroatoms. The topological polar surface area (TPSA) is 50.4 Å². The predicted octanol–water partition coefficient (Wildman–Crippen LogP) is 2.82. The molecule has 0 aliphatic heterocycles. The van der Waals surface area contributed by atoms with Gasteiger partial charge in [-0.15, -0.1) is 0 Å². The minimum Gasteiger partial charge on any atom is -0.444 e. The molecule has 4 nitrogen and oxygen atoms in total. The second kappa shape index (κ2) is 5.31. The largest absolute Gasteiger partial charge is 0.444 e. The van der Waals surface area contributed by atoms with Crippen LogP contribution in [0.5, 0.6) is 0 Å². The molecule has 2 aliphatic rings. The normalized spacial score (nSPS) is 29.7. The maximum absolute atomic E-state index is 11.7. The summed E-state index contributed by atoms with van der Waals surface area (Å²) in [5.41, 5.74) is 0.0162. The molecule has 0 saturated heterocycles. The molecule has 2 aliphatic carbocycles. The summed E-state index contributed by atoms with van der Waals surface area (Å²) in [6, 6.07) is 0.291. The van der Waals surface area contributed by atoms with Crippen LogP contribution in [0.3, 0.4) is 0 Å². The van der Waals surface area contributed by atoms with Crippen molar-refractivity contribution in [1.82, 2.24) is 10.6 Å². The van der Waals surface area contributed by atoms with Crippen LogP contribution >= 0.6 is 0 Å². The van der Waals surface area contributed by atoms with Gasteiger partial charge in [0.25, 0.3) is 0 Å². The first-order chi connectivity index (χ1) is 8.85. The van der Waals surface area contributed by atoms with Crippen molar-refractivity contribution in [2.75, 3.05) is 7.05 Å². The fourth-order valence-corrected chi connectivity index (χ4v) is 3.26. The molecule has 0 unspecified atom stereocenters. The smallest absolute Gasteiger partial charge is 0.407 e. The number of carbonyl (C=O) groups excluding carboxylic acids is 1. The molecule has 0 heterocycles. The summed E-state index contributed by atoms with van der Waals surface area (Å²) in [6.45, 7) is 5.69. The summed E-state index contributed by atoms with van der Waals surface area (Å²) in [5.74, 6) is 0.786. The molecule has 2 N–H and O–H groups in total. The highest BCUT2D eigenvalue weighted by molar-refractivity contribution is 5.68. The summed E-state index contributed by atoms with van der Waals surface area (Å²) in [7, 11) is 2.08. The highest BCUT2D eigenvalue weighted by Crippen LogP contribution is 2.47. The van der Waals surface area contributed by atoms with E-state index in [0.29, 0.717) is 11.6 Å². The Bertz CT molecular complexity index is 324. The molecule has 2 saturated carbocycles. The number of nitrogens with one attached hydrogen (secondary N) is 2. The second-order valence-electron chi connectivity index (χ2n) is 7.10. The first-order valence-electron chi connectivity index (χ1n) is 7.53. The molecule has 0 bridgehead atoms. The van der Waals surface area contributed by atoms with Crippen LogP contribution in [-0.2, 0) is 4.74 Å². The predicted molar refractivity (Wildman–Crippen MR) is 76.1 cm³/mol. The van der Waals surface area contributed by atoms with Gasteiger partial charge in [0.15, 0.2) is 0 Å². The SMILES string of the molecule is CNC1(C2CCC(NC(=O)OC(C)(C)C)CC2)CC1. The Hall–Kier alpha value is -0.770. The number of rotatable bonds is 3. The maximum Gasteiger partial charge on any atom is 0.407 e. The summed E-state index contributed by atoms with van der Waals surface area (Å²) < 4.78 is 5.31. The monoisotopic (exact) mass is 268 g/mol. The second-order valence-corrected chi connectivity index (χ2v) is 7.10. The molecule has 0 atom stereocenters. The summed E-state index contributed by atoms with van der Waals surface area (Å²) in [5, 5.41) is 6.50. The molecule has 0 aromatic heterocycles. The lowest BCUT2D eigenvalue weighted by molar-refractivity contribution is 0.0483. The first kappa shape index (κ1) is 14.6. The fourth-order valence-electron chi connectivity index (χ4n) is 3.26. The molecule has 0 spiro atoms. The number of hydrogen-bond donors (Lipinski definition) is 2. The molecule has 0 aromatic carbocycles. The highest BCUT2D eigenvalue weighted by atomic mass is 16.6. The number of hydrogen-bond acceptors (Lipinski definition) is 3. The van der Waals surface area contributed by atoms with E-state index in [1.807, 2.05) is 20.8 Å². The lowest BCUT2D eigenvalue weighted by Crippen LogP contribution is -2.44. The Labute approximate surface area is 116 Å². The van der Waals surface area contributed by atoms with E-state index in [2.05, 4.69) is 17.7 Å². The average molecular weight is 268 g/mol. The summed E-state index contributed by atoms with van der Waals surface area (Å²) in [4.78, 5) is 11.7. The van der Waals surface area contributed by atoms with Crippen molar-refractivity contribution in [3.63, 3.8) is 0 Å². The van der Waals surface area contributed by atoms with E-state index >= 15 is 0 Å². The van der Waals surface area contributed by atoms with Gasteiger partial charge in [-0.3, -0.25) is 0 Å². The molecular weight excluding hydrogens is 240 g/mol. The van der Waals surface area contributed by atoms with Crippen molar-refractivity contribution in [2.24, 2.45) is 5.92 Å². The number of carbonyl (C=O) groups is 1. The van der Waals surface area contributed by atoms with Crippen LogP contribution in [0.2, 0.25) is 0 Å². The molecule has 110 valence electrons. The van der Waals surface area contributed by atoms with Gasteiger partial charge < -0.3 is 15.4 Å². The van der Waals surface area contributed by atoms with Gasteiger partial charge >= 0.3 is 6.09 Å². The minimum atomic E-state index is -0.411. The zero-order chi connectivity index (χ0) is 14.1. The van der Waals surface area contributed by atoms with Crippen LogP contribution < -0.4 is 10.6 Å². The molecular formula is C15H28N2O2. The highest BCUT2D eigenvalue weighted by Gasteiger charge is 2.48. The van der Waals surface area contributed by atoms with Crippen molar-refractivity contribution >= 4 is 6.09 Å². The van der Waals surface area contributed by atoms with Gasteiger partial charge in [-0.05, 0) is 72.3 Å². The summed E-state index contributed by atoms with van der Waals surface area (Å²) in [6.07, 6.45) is 6.94. The van der Waals surface area contributed by atoms with Crippen molar-refractivity contribution in [3.8, 4) is 0 Å². The van der Waals surface area contributed by atoms with Gasteiger partial charge in [-0.2, -0.15) is 0 Å². The summed E-state index contributed by atoms with van der Waals surface area (Å²) >= 11 is 0. The van der Waals surface area contributed by atoms with E-state index < -0.39 is 5.60 Å². The molecule has 1 amide bonds. The molecule has 2 fully saturated rings. The van der Waals surface area contributed by atoms with Gasteiger partial charge in [0, 0.05) is 11.6 Å². The average Bonchev–Trinajstić information content (AvgIpc) is 3.08. The van der Waals surface area contributed by atoms with Crippen molar-refractivity contribution < 1.29 is 9.53 Å². The Morgan fingerprint density at radius 1 is 1.16 bits per heavy atom. The van der Waals surface area contributed by atoms with Crippen LogP contribution in [-0.4, -0.2) is 30.3 Å². The van der Waals surface area contributed by atoms with Crippen LogP contribution in [0.1, 0.15) is 59.3 Å². The van der Waals surface area contributed by atoms with Crippen molar-refractivity contribution in [2.45, 2.75) is 76.5 Å². The van der Waals surface area contributed by atoms with Crippen molar-refractivity contribution in [3.05, 3.63) is 0 Å². The van der Waals surface area contributed by atoms with Crippen LogP contribution in [0.25, 0.3) is 0 Å². The standard InChI is InChI=1S/C15H28N2O2/c1-14(2,3)19-13(18)17-12-7-5-11(6-8-12)15(16-4)9-10-15/h11-12,16H,5-10H2,1-4H3,(H,17,18). The van der Waals surface area contributed by atoms with E-state index in [9.17, 15) is 4.79 Å². The third-order valence-electron chi connectivity index (χ3n) is 4.52. The number of alkyl carbamates (subject to hydrolysis) is 1. The zero-order valence-corrected chi connectivity index (χ0v) is 12.7. The van der Waals surface area contributed by atoms with Crippen LogP contribution in [0.15, 0.2) is 0 Å². The third kappa shape index (κ3) is 3.85. The lowest BCUT2D eigenvalue weighted by Gasteiger charge is -2.34. The van der Waals surface area contributed by atoms with Crippen LogP contribution in [0, 0.1) is 5.92 Å². The zero-order valence-electron chi connectivity index (χ0n) is 12.7. The Morgan fingerprint density at radius 3 is 2.16 bits per heavy atom. The molecule has 0 aromatic rings. The van der Waals surface area contributed by atoms with Gasteiger partial charge in [0.05, 0.1) is 0 Å². The number of ether oxygens (including phenoxy) is 1. The van der Waals surface area contributed by atoms with Gasteiger partial charge in [-0.25, -0.2) is 4.79 Å². The fraction of sp³-hybridized carbons (Fsp3) is 0.933. The van der Waals surface area contributed by atoms with E-state index in [1.165, 1.54) is 25.7 Å². The first-order valence-corrected chi connectivity index (χ1v) is 7.53. The molecule has 0 radical (unpaired) electrons. The lowest BCUT2D eigenvalue weighted by atomic mass is 9.80. The molecule has 19 heavy (non-hydrogen) atoms. The minimum absolute atomic E-state index is 0.272. The van der Waals surface area contributed by atoms with E-state index in [-0.39, 0.29) is 6.09 Å². The quantitative estimate of drug-likeness (QED) is 0.827. The van der Waals surface area contributed by atoms with Gasteiger partial charge in [0.2, 0.25) is 0 Å². The van der Waals surface area contributed by atoms with Crippen LogP contribution in [0.4, 0.5) is 4.79 Å². The maximum atomic E-state index is 11.7. The Morgan fingerprint density at radius 2 is 1.74 bits per heavy atom. The van der Waals surface area contributed by atoms with E-state index in [0.717, 1.165) is 18.8 Å². The van der Waals surface area contributed by atoms with Gasteiger partial charge in [-0.1, -0.05) is 0 Å². The van der Waals surface area contributed by atoms with E-state index in [1.54, 1.807) is 0 Å². The molecule has 2 rings (SSSR count). The number of amides is 1. The van der Waals surface area contributed by atoms with Crippen molar-refractivity contribution in [1.29, 1.82) is 0 Å². The Balaban J connectivity index is 1.73.